The first-order valence-electron chi connectivity index (χ1n) is 10.4. The van der Waals surface area contributed by atoms with E-state index in [-0.39, 0.29) is 23.3 Å². The zero-order valence-corrected chi connectivity index (χ0v) is 17.8. The van der Waals surface area contributed by atoms with Gasteiger partial charge < -0.3 is 4.74 Å². The van der Waals surface area contributed by atoms with E-state index in [9.17, 15) is 14.4 Å². The lowest BCUT2D eigenvalue weighted by molar-refractivity contribution is 0.0472. The van der Waals surface area contributed by atoms with Gasteiger partial charge in [-0.25, -0.2) is 14.4 Å². The molecule has 4 aromatic rings. The number of nitrogens with zero attached hydrogens (tertiary/aromatic N) is 3. The molecule has 1 aliphatic rings. The normalized spacial score (nSPS) is 12.7. The second kappa shape index (κ2) is 8.20. The zero-order valence-electron chi connectivity index (χ0n) is 17.8. The van der Waals surface area contributed by atoms with Gasteiger partial charge in [-0.2, -0.15) is 5.10 Å². The summed E-state index contributed by atoms with van der Waals surface area (Å²) in [7, 11) is 0. The molecule has 5 rings (SSSR count). The third-order valence-corrected chi connectivity index (χ3v) is 5.55. The van der Waals surface area contributed by atoms with Crippen molar-refractivity contribution in [3.05, 3.63) is 113 Å². The van der Waals surface area contributed by atoms with Crippen LogP contribution in [0.1, 0.15) is 42.2 Å². The lowest BCUT2D eigenvalue weighted by Crippen LogP contribution is -2.29. The Kier molecular flexibility index (Phi) is 5.06. The van der Waals surface area contributed by atoms with Gasteiger partial charge in [-0.1, -0.05) is 30.3 Å². The molecule has 7 nitrogen and oxygen atoms in total. The number of carbonyl (C=O) groups is 3. The molecule has 0 fully saturated rings. The van der Waals surface area contributed by atoms with Crippen LogP contribution >= 0.6 is 0 Å². The minimum atomic E-state index is -0.566. The van der Waals surface area contributed by atoms with E-state index in [2.05, 4.69) is 5.10 Å². The molecule has 0 radical (unpaired) electrons. The number of hydrogen-bond donors (Lipinski definition) is 0. The molecule has 2 amide bonds. The number of rotatable bonds is 5. The Morgan fingerprint density at radius 1 is 0.909 bits per heavy atom. The van der Waals surface area contributed by atoms with Gasteiger partial charge in [-0.15, -0.1) is 0 Å². The van der Waals surface area contributed by atoms with Crippen LogP contribution in [0, 0.1) is 6.92 Å². The van der Waals surface area contributed by atoms with Gasteiger partial charge in [0, 0.05) is 12.4 Å². The van der Waals surface area contributed by atoms with Crippen LogP contribution in [0.2, 0.25) is 0 Å². The average Bonchev–Trinajstić information content (AvgIpc) is 3.46. The molecule has 1 aromatic heterocycles. The number of esters is 1. The highest BCUT2D eigenvalue weighted by Gasteiger charge is 2.37. The van der Waals surface area contributed by atoms with Crippen LogP contribution in [-0.2, 0) is 11.3 Å². The Hall–Kier alpha value is -4.52. The fraction of sp³-hybridized carbons (Fsp3) is 0.0769. The number of ether oxygens (including phenoxy) is 1. The summed E-state index contributed by atoms with van der Waals surface area (Å²) in [6, 6.07) is 20.9. The van der Waals surface area contributed by atoms with Gasteiger partial charge in [0.2, 0.25) is 0 Å². The van der Waals surface area contributed by atoms with Gasteiger partial charge in [0.25, 0.3) is 11.8 Å². The first-order valence-corrected chi connectivity index (χ1v) is 10.4. The molecule has 0 bridgehead atoms. The first-order chi connectivity index (χ1) is 16.0. The smallest absolute Gasteiger partial charge is 0.338 e. The van der Waals surface area contributed by atoms with Gasteiger partial charge in [-0.05, 0) is 60.5 Å². The second-order valence-electron chi connectivity index (χ2n) is 7.69. The Balaban J connectivity index is 1.31. The minimum Gasteiger partial charge on any atom is -0.457 e. The molecule has 0 atom stereocenters. The van der Waals surface area contributed by atoms with Crippen molar-refractivity contribution in [3.63, 3.8) is 0 Å². The molecule has 0 unspecified atom stereocenters. The lowest BCUT2D eigenvalue weighted by atomic mass is 10.1. The number of carbonyl (C=O) groups excluding carboxylic acids is 3. The Morgan fingerprint density at radius 2 is 1.67 bits per heavy atom. The highest BCUT2D eigenvalue weighted by atomic mass is 16.5. The number of aryl methyl sites for hydroxylation is 1. The van der Waals surface area contributed by atoms with Crippen LogP contribution in [-0.4, -0.2) is 27.6 Å². The quantitative estimate of drug-likeness (QED) is 0.343. The monoisotopic (exact) mass is 437 g/mol. The summed E-state index contributed by atoms with van der Waals surface area (Å²) in [5.74, 6) is -1.42. The van der Waals surface area contributed by atoms with E-state index in [4.69, 9.17) is 4.74 Å². The number of para-hydroxylation sites is 1. The fourth-order valence-corrected chi connectivity index (χ4v) is 3.80. The van der Waals surface area contributed by atoms with E-state index in [1.54, 1.807) is 23.0 Å². The van der Waals surface area contributed by atoms with Crippen molar-refractivity contribution in [2.24, 2.45) is 0 Å². The topological polar surface area (TPSA) is 81.5 Å². The van der Waals surface area contributed by atoms with Crippen molar-refractivity contribution < 1.29 is 19.1 Å². The van der Waals surface area contributed by atoms with Crippen LogP contribution < -0.4 is 4.90 Å². The predicted octanol–water partition coefficient (Wildman–Crippen LogP) is 4.34. The van der Waals surface area contributed by atoms with E-state index in [0.717, 1.165) is 21.7 Å². The SMILES string of the molecule is Cc1ccccc1N1C(=O)c2ccc(C(=O)OCc3ccc(-n4cccn4)cc3)cc2C1=O. The highest BCUT2D eigenvalue weighted by molar-refractivity contribution is 6.34. The van der Waals surface area contributed by atoms with E-state index in [1.165, 1.54) is 18.2 Å². The number of anilines is 1. The maximum absolute atomic E-state index is 13.0. The van der Waals surface area contributed by atoms with E-state index in [0.29, 0.717) is 5.69 Å². The van der Waals surface area contributed by atoms with Crippen molar-refractivity contribution in [3.8, 4) is 5.69 Å². The summed E-state index contributed by atoms with van der Waals surface area (Å²) in [6.07, 6.45) is 3.54. The molecule has 3 aromatic carbocycles. The number of amides is 2. The lowest BCUT2D eigenvalue weighted by Gasteiger charge is -2.16. The maximum atomic E-state index is 13.0. The fourth-order valence-electron chi connectivity index (χ4n) is 3.80. The van der Waals surface area contributed by atoms with E-state index < -0.39 is 17.8 Å². The molecule has 33 heavy (non-hydrogen) atoms. The molecular weight excluding hydrogens is 418 g/mol. The van der Waals surface area contributed by atoms with Crippen molar-refractivity contribution in [1.29, 1.82) is 0 Å². The average molecular weight is 437 g/mol. The Bertz CT molecular complexity index is 1380. The standard InChI is InChI=1S/C26H19N3O4/c1-17-5-2-3-6-23(17)29-24(30)21-12-9-19(15-22(21)25(29)31)26(32)33-16-18-7-10-20(11-8-18)28-14-4-13-27-28/h2-15H,16H2,1H3. The summed E-state index contributed by atoms with van der Waals surface area (Å²) in [5, 5.41) is 4.18. The number of fused-ring (bicyclic) bond motifs is 1. The third kappa shape index (κ3) is 3.70. The molecule has 162 valence electrons. The molecule has 0 saturated heterocycles. The van der Waals surface area contributed by atoms with Crippen LogP contribution in [0.25, 0.3) is 5.69 Å². The predicted molar refractivity (Wildman–Crippen MR) is 121 cm³/mol. The molecular formula is C26H19N3O4. The summed E-state index contributed by atoms with van der Waals surface area (Å²) in [6.45, 7) is 1.92. The van der Waals surface area contributed by atoms with Crippen molar-refractivity contribution >= 4 is 23.5 Å². The number of imide groups is 1. The Labute approximate surface area is 189 Å². The van der Waals surface area contributed by atoms with Gasteiger partial charge in [0.15, 0.2) is 0 Å². The van der Waals surface area contributed by atoms with E-state index in [1.807, 2.05) is 55.6 Å². The zero-order chi connectivity index (χ0) is 22.9. The number of hydrogen-bond acceptors (Lipinski definition) is 5. The molecule has 7 heteroatoms. The van der Waals surface area contributed by atoms with Crippen LogP contribution in [0.4, 0.5) is 5.69 Å². The van der Waals surface area contributed by atoms with Gasteiger partial charge in [-0.3, -0.25) is 9.59 Å². The van der Waals surface area contributed by atoms with Crippen LogP contribution in [0.15, 0.2) is 85.2 Å². The minimum absolute atomic E-state index is 0.0809. The van der Waals surface area contributed by atoms with Crippen molar-refractivity contribution in [2.75, 3.05) is 4.90 Å². The molecule has 0 N–H and O–H groups in total. The summed E-state index contributed by atoms with van der Waals surface area (Å²) in [4.78, 5) is 39.6. The maximum Gasteiger partial charge on any atom is 0.338 e. The van der Waals surface area contributed by atoms with Gasteiger partial charge in [0.05, 0.1) is 28.1 Å². The third-order valence-electron chi connectivity index (χ3n) is 5.55. The summed E-state index contributed by atoms with van der Waals surface area (Å²) >= 11 is 0. The molecule has 2 heterocycles. The number of benzene rings is 3. The summed E-state index contributed by atoms with van der Waals surface area (Å²) < 4.78 is 7.16. The van der Waals surface area contributed by atoms with Crippen molar-refractivity contribution in [1.82, 2.24) is 9.78 Å². The molecule has 1 aliphatic heterocycles. The summed E-state index contributed by atoms with van der Waals surface area (Å²) in [5.41, 5.74) is 3.74. The Morgan fingerprint density at radius 3 is 2.39 bits per heavy atom. The van der Waals surface area contributed by atoms with Gasteiger partial charge in [0.1, 0.15) is 6.61 Å². The molecule has 0 saturated carbocycles. The second-order valence-corrected chi connectivity index (χ2v) is 7.69. The highest BCUT2D eigenvalue weighted by Crippen LogP contribution is 2.31. The first kappa shape index (κ1) is 20.4. The number of aromatic nitrogens is 2. The molecule has 0 aliphatic carbocycles. The largest absolute Gasteiger partial charge is 0.457 e. The van der Waals surface area contributed by atoms with Crippen molar-refractivity contribution in [2.45, 2.75) is 13.5 Å². The van der Waals surface area contributed by atoms with Crippen LogP contribution in [0.5, 0.6) is 0 Å². The van der Waals surface area contributed by atoms with E-state index >= 15 is 0 Å². The molecule has 0 spiro atoms. The van der Waals surface area contributed by atoms with Crippen LogP contribution in [0.3, 0.4) is 0 Å². The van der Waals surface area contributed by atoms with Gasteiger partial charge >= 0.3 is 5.97 Å².